The molecule has 3 rings (SSSR count). The zero-order valence-electron chi connectivity index (χ0n) is 14.2. The minimum absolute atomic E-state index is 0.100. The molecule has 1 fully saturated rings. The average Bonchev–Trinajstić information content (AvgIpc) is 2.63. The van der Waals surface area contributed by atoms with Crippen molar-refractivity contribution in [1.82, 2.24) is 4.31 Å². The summed E-state index contributed by atoms with van der Waals surface area (Å²) < 4.78 is 45.8. The third-order valence-corrected chi connectivity index (χ3v) is 6.60. The lowest BCUT2D eigenvalue weighted by Gasteiger charge is -2.31. The summed E-state index contributed by atoms with van der Waals surface area (Å²) in [5, 5.41) is 0. The van der Waals surface area contributed by atoms with E-state index < -0.39 is 15.8 Å². The van der Waals surface area contributed by atoms with Gasteiger partial charge in [0.25, 0.3) is 0 Å². The number of sulfonamides is 1. The summed E-state index contributed by atoms with van der Waals surface area (Å²) in [6.45, 7) is 0.888. The van der Waals surface area contributed by atoms with E-state index in [2.05, 4.69) is 12.1 Å². The smallest absolute Gasteiger partial charge is 0.246 e. The lowest BCUT2D eigenvalue weighted by Crippen LogP contribution is -2.39. The fraction of sp³-hybridized carbons (Fsp3) is 0.368. The standard InChI is InChI=1S/C19H22FNO3S/c1-24-18-8-7-17(20)14-19(18)25(22,23)21-11-9-16(10-12-21)13-15-5-3-2-4-6-15/h2-8,14,16H,9-13H2,1H3. The molecule has 0 aliphatic carbocycles. The Kier molecular flexibility index (Phi) is 5.39. The van der Waals surface area contributed by atoms with Crippen LogP contribution in [0.4, 0.5) is 4.39 Å². The number of piperidine rings is 1. The van der Waals surface area contributed by atoms with Gasteiger partial charge in [-0.05, 0) is 48.9 Å². The van der Waals surface area contributed by atoms with Gasteiger partial charge in [-0.3, -0.25) is 0 Å². The van der Waals surface area contributed by atoms with Crippen LogP contribution >= 0.6 is 0 Å². The molecule has 1 saturated heterocycles. The van der Waals surface area contributed by atoms with Crippen LogP contribution in [-0.4, -0.2) is 32.9 Å². The van der Waals surface area contributed by atoms with Crippen LogP contribution in [0.25, 0.3) is 0 Å². The van der Waals surface area contributed by atoms with Gasteiger partial charge in [0.1, 0.15) is 16.5 Å². The minimum Gasteiger partial charge on any atom is -0.495 e. The molecule has 1 heterocycles. The largest absolute Gasteiger partial charge is 0.495 e. The van der Waals surface area contributed by atoms with Gasteiger partial charge in [-0.15, -0.1) is 0 Å². The van der Waals surface area contributed by atoms with E-state index in [1.807, 2.05) is 18.2 Å². The Bertz CT molecular complexity index is 816. The number of benzene rings is 2. The summed E-state index contributed by atoms with van der Waals surface area (Å²) in [6.07, 6.45) is 2.55. The first-order valence-electron chi connectivity index (χ1n) is 8.38. The van der Waals surface area contributed by atoms with Gasteiger partial charge < -0.3 is 4.74 Å². The highest BCUT2D eigenvalue weighted by Gasteiger charge is 2.31. The van der Waals surface area contributed by atoms with Crippen molar-refractivity contribution in [2.45, 2.75) is 24.2 Å². The second-order valence-electron chi connectivity index (χ2n) is 6.33. The van der Waals surface area contributed by atoms with Gasteiger partial charge in [0, 0.05) is 13.1 Å². The highest BCUT2D eigenvalue weighted by Crippen LogP contribution is 2.31. The molecule has 2 aromatic rings. The lowest BCUT2D eigenvalue weighted by molar-refractivity contribution is 0.272. The molecule has 0 unspecified atom stereocenters. The summed E-state index contributed by atoms with van der Waals surface area (Å²) in [6, 6.07) is 13.8. The number of hydrogen-bond acceptors (Lipinski definition) is 3. The summed E-state index contributed by atoms with van der Waals surface area (Å²) >= 11 is 0. The number of ether oxygens (including phenoxy) is 1. The lowest BCUT2D eigenvalue weighted by atomic mass is 9.91. The predicted molar refractivity (Wildman–Crippen MR) is 94.6 cm³/mol. The maximum atomic E-state index is 13.5. The molecular formula is C19H22FNO3S. The van der Waals surface area contributed by atoms with E-state index in [9.17, 15) is 12.8 Å². The second kappa shape index (κ2) is 7.54. The summed E-state index contributed by atoms with van der Waals surface area (Å²) in [5.74, 6) is 0.0504. The van der Waals surface area contributed by atoms with E-state index in [1.165, 1.54) is 29.1 Å². The third-order valence-electron chi connectivity index (χ3n) is 4.68. The van der Waals surface area contributed by atoms with Crippen molar-refractivity contribution in [1.29, 1.82) is 0 Å². The summed E-state index contributed by atoms with van der Waals surface area (Å²) in [4.78, 5) is -0.100. The van der Waals surface area contributed by atoms with E-state index in [-0.39, 0.29) is 10.6 Å². The summed E-state index contributed by atoms with van der Waals surface area (Å²) in [7, 11) is -2.37. The highest BCUT2D eigenvalue weighted by molar-refractivity contribution is 7.89. The van der Waals surface area contributed by atoms with E-state index >= 15 is 0 Å². The Morgan fingerprint density at radius 1 is 1.12 bits per heavy atom. The van der Waals surface area contributed by atoms with E-state index in [1.54, 1.807) is 0 Å². The molecule has 0 saturated carbocycles. The summed E-state index contributed by atoms with van der Waals surface area (Å²) in [5.41, 5.74) is 1.27. The van der Waals surface area contributed by atoms with Gasteiger partial charge in [0.2, 0.25) is 10.0 Å². The topological polar surface area (TPSA) is 46.6 Å². The molecule has 0 amide bonds. The molecule has 0 spiro atoms. The molecule has 0 bridgehead atoms. The van der Waals surface area contributed by atoms with Crippen molar-refractivity contribution >= 4 is 10.0 Å². The van der Waals surface area contributed by atoms with Crippen molar-refractivity contribution < 1.29 is 17.5 Å². The van der Waals surface area contributed by atoms with Crippen molar-refractivity contribution in [3.8, 4) is 5.75 Å². The van der Waals surface area contributed by atoms with Crippen LogP contribution in [0, 0.1) is 11.7 Å². The molecule has 25 heavy (non-hydrogen) atoms. The molecule has 6 heteroatoms. The number of rotatable bonds is 5. The van der Waals surface area contributed by atoms with Crippen LogP contribution in [0.15, 0.2) is 53.4 Å². The van der Waals surface area contributed by atoms with E-state index in [0.29, 0.717) is 19.0 Å². The van der Waals surface area contributed by atoms with Gasteiger partial charge in [0.05, 0.1) is 7.11 Å². The minimum atomic E-state index is -3.76. The Morgan fingerprint density at radius 2 is 1.80 bits per heavy atom. The number of halogens is 1. The molecule has 0 aromatic heterocycles. The molecule has 1 aliphatic rings. The van der Waals surface area contributed by atoms with E-state index in [4.69, 9.17) is 4.74 Å². The van der Waals surface area contributed by atoms with Crippen LogP contribution < -0.4 is 4.74 Å². The van der Waals surface area contributed by atoms with Crippen LogP contribution in [-0.2, 0) is 16.4 Å². The van der Waals surface area contributed by atoms with E-state index in [0.717, 1.165) is 25.3 Å². The zero-order chi connectivity index (χ0) is 17.9. The third kappa shape index (κ3) is 4.02. The van der Waals surface area contributed by atoms with Gasteiger partial charge in [0.15, 0.2) is 0 Å². The van der Waals surface area contributed by atoms with Gasteiger partial charge in [-0.25, -0.2) is 12.8 Å². The zero-order valence-corrected chi connectivity index (χ0v) is 15.0. The molecule has 134 valence electrons. The van der Waals surface area contributed by atoms with Crippen molar-refractivity contribution in [3.05, 3.63) is 59.9 Å². The normalized spacial score (nSPS) is 16.7. The SMILES string of the molecule is COc1ccc(F)cc1S(=O)(=O)N1CCC(Cc2ccccc2)CC1. The van der Waals surface area contributed by atoms with Gasteiger partial charge >= 0.3 is 0 Å². The Hall–Kier alpha value is -1.92. The quantitative estimate of drug-likeness (QED) is 0.817. The Morgan fingerprint density at radius 3 is 2.44 bits per heavy atom. The van der Waals surface area contributed by atoms with Crippen molar-refractivity contribution in [2.24, 2.45) is 5.92 Å². The van der Waals surface area contributed by atoms with Crippen LogP contribution in [0.1, 0.15) is 18.4 Å². The fourth-order valence-corrected chi connectivity index (χ4v) is 4.93. The number of nitrogens with zero attached hydrogens (tertiary/aromatic N) is 1. The Balaban J connectivity index is 1.71. The highest BCUT2D eigenvalue weighted by atomic mass is 32.2. The number of hydrogen-bond donors (Lipinski definition) is 0. The van der Waals surface area contributed by atoms with Crippen molar-refractivity contribution in [3.63, 3.8) is 0 Å². The molecule has 0 N–H and O–H groups in total. The molecule has 0 radical (unpaired) electrons. The first kappa shape index (κ1) is 17.9. The van der Waals surface area contributed by atoms with Crippen LogP contribution in [0.3, 0.4) is 0 Å². The maximum absolute atomic E-state index is 13.5. The van der Waals surface area contributed by atoms with Gasteiger partial charge in [-0.1, -0.05) is 30.3 Å². The molecule has 1 aliphatic heterocycles. The maximum Gasteiger partial charge on any atom is 0.246 e. The molecule has 2 aromatic carbocycles. The molecule has 4 nitrogen and oxygen atoms in total. The monoisotopic (exact) mass is 363 g/mol. The average molecular weight is 363 g/mol. The predicted octanol–water partition coefficient (Wildman–Crippen LogP) is 3.48. The first-order valence-corrected chi connectivity index (χ1v) is 9.82. The number of methoxy groups -OCH3 is 1. The molecular weight excluding hydrogens is 341 g/mol. The van der Waals surface area contributed by atoms with Gasteiger partial charge in [-0.2, -0.15) is 4.31 Å². The van der Waals surface area contributed by atoms with Crippen LogP contribution in [0.5, 0.6) is 5.75 Å². The first-order chi connectivity index (χ1) is 12.0. The fourth-order valence-electron chi connectivity index (χ4n) is 3.29. The van der Waals surface area contributed by atoms with Crippen molar-refractivity contribution in [2.75, 3.05) is 20.2 Å². The molecule has 0 atom stereocenters. The Labute approximate surface area is 148 Å². The van der Waals surface area contributed by atoms with Crippen LogP contribution in [0.2, 0.25) is 0 Å². The second-order valence-corrected chi connectivity index (χ2v) is 8.24.